The van der Waals surface area contributed by atoms with E-state index in [0.717, 1.165) is 12.1 Å². The predicted molar refractivity (Wildman–Crippen MR) is 77.7 cm³/mol. The predicted octanol–water partition coefficient (Wildman–Crippen LogP) is 0.436. The van der Waals surface area contributed by atoms with E-state index >= 15 is 0 Å². The molecule has 1 aromatic carbocycles. The van der Waals surface area contributed by atoms with E-state index in [1.54, 1.807) is 4.90 Å². The highest BCUT2D eigenvalue weighted by atomic mass is 32.2. The highest BCUT2D eigenvalue weighted by Crippen LogP contribution is 2.35. The van der Waals surface area contributed by atoms with Crippen molar-refractivity contribution in [1.29, 1.82) is 0 Å². The minimum atomic E-state index is -4.76. The fourth-order valence-electron chi connectivity index (χ4n) is 1.93. The first-order valence-corrected chi connectivity index (χ1v) is 9.02. The molecule has 1 aromatic rings. The largest absolute Gasteiger partial charge is 0.495 e. The SMILES string of the molecule is CCN(CC)c1cc(S(N)(=O)=O)c(S(=O)(=O)O)cc1OC. The number of benzene rings is 1. The van der Waals surface area contributed by atoms with E-state index in [1.807, 2.05) is 13.8 Å². The molecule has 8 nitrogen and oxygen atoms in total. The van der Waals surface area contributed by atoms with E-state index in [-0.39, 0.29) is 5.75 Å². The molecule has 0 aliphatic rings. The Morgan fingerprint density at radius 2 is 1.67 bits per heavy atom. The number of nitrogens with two attached hydrogens (primary N) is 1. The summed E-state index contributed by atoms with van der Waals surface area (Å²) in [5.74, 6) is 0.124. The molecule has 0 saturated carbocycles. The maximum Gasteiger partial charge on any atom is 0.296 e. The number of rotatable bonds is 6. The number of hydrogen-bond donors (Lipinski definition) is 2. The molecule has 21 heavy (non-hydrogen) atoms. The standard InChI is InChI=1S/C11H18N2O6S2/c1-4-13(5-2)8-6-10(20(12,14)15)11(21(16,17)18)7-9(8)19-3/h6-7H,4-5H2,1-3H3,(H2,12,14,15)(H,16,17,18). The Labute approximate surface area is 124 Å². The summed E-state index contributed by atoms with van der Waals surface area (Å²) in [6.45, 7) is 4.77. The third-order valence-electron chi connectivity index (χ3n) is 2.93. The second-order valence-corrected chi connectivity index (χ2v) is 7.08. The van der Waals surface area contributed by atoms with Crippen LogP contribution in [0.15, 0.2) is 21.9 Å². The lowest BCUT2D eigenvalue weighted by molar-refractivity contribution is 0.411. The first-order valence-electron chi connectivity index (χ1n) is 6.03. The third kappa shape index (κ3) is 3.84. The summed E-state index contributed by atoms with van der Waals surface area (Å²) in [5, 5.41) is 5.04. The first-order chi connectivity index (χ1) is 9.56. The molecule has 3 N–H and O–H groups in total. The van der Waals surface area contributed by atoms with Crippen molar-refractivity contribution in [3.05, 3.63) is 12.1 Å². The number of anilines is 1. The molecule has 0 saturated heterocycles. The fourth-order valence-corrected chi connectivity index (χ4v) is 3.78. The number of nitrogens with zero attached hydrogens (tertiary/aromatic N) is 1. The Hall–Kier alpha value is -1.36. The van der Waals surface area contributed by atoms with E-state index in [9.17, 15) is 21.4 Å². The van der Waals surface area contributed by atoms with Crippen LogP contribution in [0.1, 0.15) is 13.8 Å². The summed E-state index contributed by atoms with van der Waals surface area (Å²) in [7, 11) is -7.79. The summed E-state index contributed by atoms with van der Waals surface area (Å²) < 4.78 is 60.2. The molecular formula is C11H18N2O6S2. The van der Waals surface area contributed by atoms with Gasteiger partial charge in [-0.3, -0.25) is 4.55 Å². The maximum absolute atomic E-state index is 11.6. The molecule has 0 heterocycles. The van der Waals surface area contributed by atoms with Gasteiger partial charge in [0.1, 0.15) is 15.5 Å². The minimum Gasteiger partial charge on any atom is -0.495 e. The number of methoxy groups -OCH3 is 1. The van der Waals surface area contributed by atoms with Gasteiger partial charge in [0.05, 0.1) is 12.8 Å². The van der Waals surface area contributed by atoms with Crippen LogP contribution < -0.4 is 14.8 Å². The van der Waals surface area contributed by atoms with Crippen LogP contribution in [0.25, 0.3) is 0 Å². The molecule has 0 aromatic heterocycles. The van der Waals surface area contributed by atoms with Crippen molar-refractivity contribution in [3.8, 4) is 5.75 Å². The second kappa shape index (κ2) is 6.18. The molecule has 10 heteroatoms. The molecule has 120 valence electrons. The van der Waals surface area contributed by atoms with Crippen LogP contribution in [0.4, 0.5) is 5.69 Å². The van der Waals surface area contributed by atoms with Gasteiger partial charge in [-0.25, -0.2) is 13.6 Å². The van der Waals surface area contributed by atoms with E-state index in [4.69, 9.17) is 9.88 Å². The van der Waals surface area contributed by atoms with E-state index in [1.165, 1.54) is 7.11 Å². The molecule has 0 spiro atoms. The average Bonchev–Trinajstić information content (AvgIpc) is 2.37. The van der Waals surface area contributed by atoms with Crippen molar-refractivity contribution in [2.75, 3.05) is 25.1 Å². The molecule has 0 aliphatic heterocycles. The van der Waals surface area contributed by atoms with Gasteiger partial charge in [0.25, 0.3) is 10.1 Å². The van der Waals surface area contributed by atoms with Gasteiger partial charge in [0.2, 0.25) is 10.0 Å². The van der Waals surface area contributed by atoms with Crippen molar-refractivity contribution in [2.24, 2.45) is 5.14 Å². The summed E-state index contributed by atoms with van der Waals surface area (Å²) in [4.78, 5) is 0.284. The van der Waals surface area contributed by atoms with Crippen LogP contribution in [0.3, 0.4) is 0 Å². The molecule has 0 amide bonds. The summed E-state index contributed by atoms with van der Waals surface area (Å²) in [5.41, 5.74) is 0.374. The van der Waals surface area contributed by atoms with E-state index < -0.39 is 29.9 Å². The fraction of sp³-hybridized carbons (Fsp3) is 0.455. The Morgan fingerprint density at radius 1 is 1.14 bits per heavy atom. The van der Waals surface area contributed by atoms with Crippen LogP contribution >= 0.6 is 0 Å². The van der Waals surface area contributed by atoms with Crippen molar-refractivity contribution < 1.29 is 26.1 Å². The topological polar surface area (TPSA) is 127 Å². The smallest absolute Gasteiger partial charge is 0.296 e. The number of primary sulfonamides is 1. The summed E-state index contributed by atoms with van der Waals surface area (Å²) >= 11 is 0. The highest BCUT2D eigenvalue weighted by Gasteiger charge is 2.27. The van der Waals surface area contributed by atoms with Crippen molar-refractivity contribution >= 4 is 25.8 Å². The van der Waals surface area contributed by atoms with Gasteiger partial charge in [-0.1, -0.05) is 0 Å². The van der Waals surface area contributed by atoms with Gasteiger partial charge in [0.15, 0.2) is 0 Å². The van der Waals surface area contributed by atoms with Crippen molar-refractivity contribution in [3.63, 3.8) is 0 Å². The zero-order chi connectivity index (χ0) is 16.4. The van der Waals surface area contributed by atoms with Gasteiger partial charge in [0, 0.05) is 19.2 Å². The van der Waals surface area contributed by atoms with Crippen LogP contribution in [0.5, 0.6) is 5.75 Å². The Kier molecular flexibility index (Phi) is 5.20. The first kappa shape index (κ1) is 17.7. The lowest BCUT2D eigenvalue weighted by Crippen LogP contribution is -2.24. The monoisotopic (exact) mass is 338 g/mol. The summed E-state index contributed by atoms with van der Waals surface area (Å²) in [6, 6.07) is 2.03. The molecular weight excluding hydrogens is 320 g/mol. The van der Waals surface area contributed by atoms with Crippen molar-refractivity contribution in [1.82, 2.24) is 0 Å². The molecule has 1 rings (SSSR count). The molecule has 0 unspecified atom stereocenters. The Morgan fingerprint density at radius 3 is 2.00 bits per heavy atom. The van der Waals surface area contributed by atoms with Crippen LogP contribution in [0, 0.1) is 0 Å². The third-order valence-corrected chi connectivity index (χ3v) is 4.91. The number of ether oxygens (including phenoxy) is 1. The van der Waals surface area contributed by atoms with Gasteiger partial charge < -0.3 is 9.64 Å². The highest BCUT2D eigenvalue weighted by molar-refractivity contribution is 7.91. The molecule has 0 aliphatic carbocycles. The number of sulfonamides is 1. The van der Waals surface area contributed by atoms with Gasteiger partial charge in [-0.2, -0.15) is 8.42 Å². The normalized spacial score (nSPS) is 12.2. The summed E-state index contributed by atoms with van der Waals surface area (Å²) in [6.07, 6.45) is 0. The Bertz CT molecular complexity index is 723. The molecule has 0 fully saturated rings. The molecule has 0 bridgehead atoms. The molecule has 0 radical (unpaired) electrons. The van der Waals surface area contributed by atoms with Gasteiger partial charge in [-0.05, 0) is 19.9 Å². The number of hydrogen-bond acceptors (Lipinski definition) is 6. The van der Waals surface area contributed by atoms with Gasteiger partial charge in [-0.15, -0.1) is 0 Å². The quantitative estimate of drug-likeness (QED) is 0.720. The van der Waals surface area contributed by atoms with Crippen LogP contribution in [-0.4, -0.2) is 41.6 Å². The zero-order valence-electron chi connectivity index (χ0n) is 11.9. The van der Waals surface area contributed by atoms with Crippen molar-refractivity contribution in [2.45, 2.75) is 23.6 Å². The maximum atomic E-state index is 11.6. The van der Waals surface area contributed by atoms with E-state index in [2.05, 4.69) is 0 Å². The lowest BCUT2D eigenvalue weighted by Gasteiger charge is -2.24. The molecule has 0 atom stereocenters. The second-order valence-electron chi connectivity index (χ2n) is 4.16. The van der Waals surface area contributed by atoms with Crippen LogP contribution in [-0.2, 0) is 20.1 Å². The van der Waals surface area contributed by atoms with Crippen LogP contribution in [0.2, 0.25) is 0 Å². The minimum absolute atomic E-state index is 0.124. The van der Waals surface area contributed by atoms with E-state index in [0.29, 0.717) is 18.8 Å². The average molecular weight is 338 g/mol. The lowest BCUT2D eigenvalue weighted by atomic mass is 10.2. The van der Waals surface area contributed by atoms with Gasteiger partial charge >= 0.3 is 0 Å². The zero-order valence-corrected chi connectivity index (χ0v) is 13.5. The Balaban J connectivity index is 3.81.